The Morgan fingerprint density at radius 1 is 1.43 bits per heavy atom. The smallest absolute Gasteiger partial charge is 0.261 e. The normalized spacial score (nSPS) is 28.0. The van der Waals surface area contributed by atoms with Crippen molar-refractivity contribution in [2.75, 3.05) is 39.9 Å². The van der Waals surface area contributed by atoms with E-state index < -0.39 is 11.3 Å². The summed E-state index contributed by atoms with van der Waals surface area (Å²) in [5.74, 6) is -3.01. The number of carbonyl (C=O) groups is 1. The highest BCUT2D eigenvalue weighted by atomic mass is 19.3. The number of rotatable bonds is 5. The average Bonchev–Trinajstić information content (AvgIpc) is 3.06. The molecule has 2 saturated heterocycles. The van der Waals surface area contributed by atoms with Gasteiger partial charge in [0.1, 0.15) is 0 Å². The minimum Gasteiger partial charge on any atom is -0.383 e. The number of likely N-dealkylation sites (tertiary alicyclic amines) is 2. The first-order valence-corrected chi connectivity index (χ1v) is 7.80. The fraction of sp³-hybridized carbons (Fsp3) is 0.733. The molecule has 3 heterocycles. The Balaban J connectivity index is 1.74. The lowest BCUT2D eigenvalue weighted by Gasteiger charge is -2.42. The maximum absolute atomic E-state index is 14.3. The maximum atomic E-state index is 14.3. The predicted octanol–water partition coefficient (Wildman–Crippen LogP) is 1.12. The number of aromatic amines is 1. The number of nitrogens with one attached hydrogen (secondary N) is 1. The van der Waals surface area contributed by atoms with E-state index in [1.54, 1.807) is 29.3 Å². The van der Waals surface area contributed by atoms with Gasteiger partial charge in [0.2, 0.25) is 5.91 Å². The molecule has 6 nitrogen and oxygen atoms in total. The summed E-state index contributed by atoms with van der Waals surface area (Å²) in [4.78, 5) is 16.0. The number of carbonyl (C=O) groups excluding carboxylic acids is 1. The van der Waals surface area contributed by atoms with Gasteiger partial charge in [0.05, 0.1) is 24.8 Å². The molecule has 128 valence electrons. The molecule has 8 heteroatoms. The van der Waals surface area contributed by atoms with Gasteiger partial charge < -0.3 is 9.64 Å². The van der Waals surface area contributed by atoms with Gasteiger partial charge in [-0.3, -0.25) is 14.8 Å². The molecule has 1 aromatic rings. The third-order valence-electron chi connectivity index (χ3n) is 4.71. The van der Waals surface area contributed by atoms with Gasteiger partial charge in [-0.25, -0.2) is 8.78 Å². The third kappa shape index (κ3) is 3.37. The Kier molecular flexibility index (Phi) is 4.37. The van der Waals surface area contributed by atoms with E-state index in [0.29, 0.717) is 39.2 Å². The first kappa shape index (κ1) is 16.3. The number of amides is 1. The molecule has 0 aromatic carbocycles. The molecule has 0 bridgehead atoms. The van der Waals surface area contributed by atoms with E-state index in [-0.39, 0.29) is 18.9 Å². The van der Waals surface area contributed by atoms with Crippen LogP contribution < -0.4 is 0 Å². The zero-order chi connectivity index (χ0) is 16.5. The van der Waals surface area contributed by atoms with Crippen LogP contribution in [0.4, 0.5) is 8.78 Å². The molecule has 1 atom stereocenters. The molecule has 2 aliphatic rings. The van der Waals surface area contributed by atoms with Crippen molar-refractivity contribution in [1.29, 1.82) is 0 Å². The van der Waals surface area contributed by atoms with Gasteiger partial charge in [0.15, 0.2) is 0 Å². The van der Waals surface area contributed by atoms with Crippen LogP contribution in [-0.2, 0) is 16.1 Å². The molecule has 1 amide bonds. The number of alkyl halides is 2. The van der Waals surface area contributed by atoms with Crippen LogP contribution in [0.1, 0.15) is 18.4 Å². The largest absolute Gasteiger partial charge is 0.383 e. The molecule has 1 N–H and O–H groups in total. The van der Waals surface area contributed by atoms with Crippen molar-refractivity contribution in [2.45, 2.75) is 25.3 Å². The van der Waals surface area contributed by atoms with Gasteiger partial charge in [-0.1, -0.05) is 0 Å². The Morgan fingerprint density at radius 2 is 2.26 bits per heavy atom. The molecule has 3 rings (SSSR count). The van der Waals surface area contributed by atoms with Crippen LogP contribution in [0.5, 0.6) is 0 Å². The first-order valence-electron chi connectivity index (χ1n) is 7.80. The van der Waals surface area contributed by atoms with E-state index in [2.05, 4.69) is 10.2 Å². The molecule has 0 aliphatic carbocycles. The van der Waals surface area contributed by atoms with Crippen molar-refractivity contribution in [3.8, 4) is 0 Å². The van der Waals surface area contributed by atoms with Crippen molar-refractivity contribution in [3.05, 3.63) is 18.0 Å². The standard InChI is InChI=1S/C15H22F2N4O2/c1-23-5-4-21-3-2-14(13(21)22)9-15(16,17)11-20(10-14)8-12-6-18-19-7-12/h6-7H,2-5,8-11H2,1H3,(H,18,19)/t14-/m0/s1. The van der Waals surface area contributed by atoms with E-state index >= 15 is 0 Å². The number of ether oxygens (including phenoxy) is 1. The van der Waals surface area contributed by atoms with Gasteiger partial charge in [-0.2, -0.15) is 5.10 Å². The van der Waals surface area contributed by atoms with Crippen molar-refractivity contribution < 1.29 is 18.3 Å². The number of H-pyrrole nitrogens is 1. The highest BCUT2D eigenvalue weighted by Gasteiger charge is 2.56. The molecule has 2 aliphatic heterocycles. The van der Waals surface area contributed by atoms with Gasteiger partial charge in [-0.05, 0) is 6.42 Å². The molecule has 23 heavy (non-hydrogen) atoms. The molecular weight excluding hydrogens is 306 g/mol. The second-order valence-corrected chi connectivity index (χ2v) is 6.60. The fourth-order valence-corrected chi connectivity index (χ4v) is 3.77. The number of halogens is 2. The predicted molar refractivity (Wildman–Crippen MR) is 78.9 cm³/mol. The Labute approximate surface area is 133 Å². The number of methoxy groups -OCH3 is 1. The Bertz CT molecular complexity index is 552. The lowest BCUT2D eigenvalue weighted by atomic mass is 9.77. The van der Waals surface area contributed by atoms with Crippen LogP contribution >= 0.6 is 0 Å². The van der Waals surface area contributed by atoms with Crippen molar-refractivity contribution in [2.24, 2.45) is 5.41 Å². The van der Waals surface area contributed by atoms with Crippen LogP contribution in [0.3, 0.4) is 0 Å². The van der Waals surface area contributed by atoms with E-state index in [1.165, 1.54) is 0 Å². The summed E-state index contributed by atoms with van der Waals surface area (Å²) in [7, 11) is 1.57. The summed E-state index contributed by atoms with van der Waals surface area (Å²) in [6.07, 6.45) is 3.44. The minimum atomic E-state index is -2.85. The zero-order valence-corrected chi connectivity index (χ0v) is 13.2. The number of hydrogen-bond donors (Lipinski definition) is 1. The van der Waals surface area contributed by atoms with Crippen LogP contribution in [0, 0.1) is 5.41 Å². The number of aromatic nitrogens is 2. The quantitative estimate of drug-likeness (QED) is 0.880. The second kappa shape index (κ2) is 6.16. The van der Waals surface area contributed by atoms with Gasteiger partial charge in [-0.15, -0.1) is 0 Å². The minimum absolute atomic E-state index is 0.161. The summed E-state index contributed by atoms with van der Waals surface area (Å²) in [5, 5.41) is 6.53. The Morgan fingerprint density at radius 3 is 2.96 bits per heavy atom. The highest BCUT2D eigenvalue weighted by molar-refractivity contribution is 5.85. The van der Waals surface area contributed by atoms with Crippen molar-refractivity contribution in [1.82, 2.24) is 20.0 Å². The number of hydrogen-bond acceptors (Lipinski definition) is 4. The monoisotopic (exact) mass is 328 g/mol. The van der Waals surface area contributed by atoms with Crippen molar-refractivity contribution >= 4 is 5.91 Å². The molecular formula is C15H22F2N4O2. The van der Waals surface area contributed by atoms with Crippen LogP contribution in [0.25, 0.3) is 0 Å². The summed E-state index contributed by atoms with van der Waals surface area (Å²) in [6, 6.07) is 0. The zero-order valence-electron chi connectivity index (χ0n) is 13.2. The van der Waals surface area contributed by atoms with Crippen LogP contribution in [0.15, 0.2) is 12.4 Å². The first-order chi connectivity index (χ1) is 10.9. The fourth-order valence-electron chi connectivity index (χ4n) is 3.77. The van der Waals surface area contributed by atoms with Gasteiger partial charge in [0, 0.05) is 51.5 Å². The topological polar surface area (TPSA) is 61.5 Å². The van der Waals surface area contributed by atoms with E-state index in [4.69, 9.17) is 4.74 Å². The third-order valence-corrected chi connectivity index (χ3v) is 4.71. The molecule has 0 radical (unpaired) electrons. The number of piperidine rings is 1. The van der Waals surface area contributed by atoms with E-state index in [9.17, 15) is 13.6 Å². The van der Waals surface area contributed by atoms with Crippen LogP contribution in [-0.4, -0.2) is 71.7 Å². The molecule has 0 saturated carbocycles. The summed E-state index contributed by atoms with van der Waals surface area (Å²) in [5.41, 5.74) is -0.126. The van der Waals surface area contributed by atoms with Gasteiger partial charge in [0.25, 0.3) is 5.92 Å². The van der Waals surface area contributed by atoms with Gasteiger partial charge >= 0.3 is 0 Å². The van der Waals surface area contributed by atoms with Crippen LogP contribution in [0.2, 0.25) is 0 Å². The van der Waals surface area contributed by atoms with Crippen molar-refractivity contribution in [3.63, 3.8) is 0 Å². The van der Waals surface area contributed by atoms with E-state index in [0.717, 1.165) is 5.56 Å². The molecule has 2 fully saturated rings. The maximum Gasteiger partial charge on any atom is 0.261 e. The highest BCUT2D eigenvalue weighted by Crippen LogP contribution is 2.45. The summed E-state index contributed by atoms with van der Waals surface area (Å²) < 4.78 is 33.5. The molecule has 1 spiro atoms. The molecule has 1 aromatic heterocycles. The lowest BCUT2D eigenvalue weighted by Crippen LogP contribution is -2.55. The second-order valence-electron chi connectivity index (χ2n) is 6.60. The Hall–Kier alpha value is -1.54. The lowest BCUT2D eigenvalue weighted by molar-refractivity contribution is -0.155. The summed E-state index contributed by atoms with van der Waals surface area (Å²) >= 11 is 0. The number of nitrogens with zero attached hydrogens (tertiary/aromatic N) is 3. The molecule has 0 unspecified atom stereocenters. The van der Waals surface area contributed by atoms with E-state index in [1.807, 2.05) is 0 Å². The SMILES string of the molecule is COCCN1CC[C@]2(CN(Cc3cn[nH]c3)CC(F)(F)C2)C1=O. The average molecular weight is 328 g/mol. The summed E-state index contributed by atoms with van der Waals surface area (Å²) in [6.45, 7) is 1.85.